The summed E-state index contributed by atoms with van der Waals surface area (Å²) in [5.41, 5.74) is 3.43. The van der Waals surface area contributed by atoms with Gasteiger partial charge in [-0.2, -0.15) is 5.10 Å². The van der Waals surface area contributed by atoms with Crippen molar-refractivity contribution >= 4 is 16.9 Å². The molecule has 1 amide bonds. The van der Waals surface area contributed by atoms with E-state index in [-0.39, 0.29) is 11.9 Å². The Hall–Kier alpha value is -3.34. The van der Waals surface area contributed by atoms with E-state index >= 15 is 0 Å². The summed E-state index contributed by atoms with van der Waals surface area (Å²) in [5.74, 6) is 0.583. The van der Waals surface area contributed by atoms with Gasteiger partial charge in [0.1, 0.15) is 11.3 Å². The number of rotatable bonds is 5. The van der Waals surface area contributed by atoms with Crippen molar-refractivity contribution in [2.75, 3.05) is 0 Å². The first-order valence-corrected chi connectivity index (χ1v) is 8.96. The molecule has 0 saturated carbocycles. The summed E-state index contributed by atoms with van der Waals surface area (Å²) >= 11 is 0. The highest BCUT2D eigenvalue weighted by Crippen LogP contribution is 2.24. The molecule has 1 unspecified atom stereocenters. The Balaban J connectivity index is 1.54. The second-order valence-electron chi connectivity index (χ2n) is 6.67. The van der Waals surface area contributed by atoms with Crippen LogP contribution in [0.2, 0.25) is 0 Å². The number of fused-ring (bicyclic) bond motifs is 1. The average Bonchev–Trinajstić information content (AvgIpc) is 3.27. The van der Waals surface area contributed by atoms with Crippen LogP contribution in [0, 0.1) is 0 Å². The van der Waals surface area contributed by atoms with Gasteiger partial charge in [-0.1, -0.05) is 48.5 Å². The summed E-state index contributed by atoms with van der Waals surface area (Å²) in [5, 5.41) is 8.34. The van der Waals surface area contributed by atoms with Crippen LogP contribution in [0.4, 0.5) is 0 Å². The second-order valence-corrected chi connectivity index (χ2v) is 6.67. The van der Waals surface area contributed by atoms with Gasteiger partial charge in [-0.25, -0.2) is 0 Å². The third-order valence-corrected chi connectivity index (χ3v) is 4.74. The van der Waals surface area contributed by atoms with Gasteiger partial charge in [0.05, 0.1) is 23.5 Å². The van der Waals surface area contributed by atoms with Gasteiger partial charge in [0.2, 0.25) is 0 Å². The van der Waals surface area contributed by atoms with Crippen LogP contribution < -0.4 is 5.32 Å². The minimum Gasteiger partial charge on any atom is -0.459 e. The topological polar surface area (TPSA) is 60.1 Å². The Morgan fingerprint density at radius 2 is 1.89 bits per heavy atom. The maximum absolute atomic E-state index is 12.9. The quantitative estimate of drug-likeness (QED) is 0.579. The highest BCUT2D eigenvalue weighted by molar-refractivity contribution is 5.95. The number of furan rings is 1. The number of aromatic nitrogens is 2. The molecular formula is C22H21N3O2. The van der Waals surface area contributed by atoms with Gasteiger partial charge < -0.3 is 9.73 Å². The fourth-order valence-electron chi connectivity index (χ4n) is 3.21. The number of carbonyl (C=O) groups excluding carboxylic acids is 1. The maximum Gasteiger partial charge on any atom is 0.255 e. The number of nitrogens with zero attached hydrogens (tertiary/aromatic N) is 2. The van der Waals surface area contributed by atoms with Crippen LogP contribution in [0.15, 0.2) is 71.3 Å². The highest BCUT2D eigenvalue weighted by Gasteiger charge is 2.20. The molecule has 1 atom stereocenters. The van der Waals surface area contributed by atoms with E-state index in [9.17, 15) is 4.79 Å². The Bertz CT molecular complexity index is 1050. The van der Waals surface area contributed by atoms with E-state index in [1.165, 1.54) is 0 Å². The van der Waals surface area contributed by atoms with E-state index in [2.05, 4.69) is 10.4 Å². The first-order valence-electron chi connectivity index (χ1n) is 8.96. The SMILES string of the molecule is CC(NC(=O)c1cnn(C)c1Cc1ccccc1)c1cc2ccccc2o1. The molecule has 0 spiro atoms. The number of hydrogen-bond donors (Lipinski definition) is 1. The minimum absolute atomic E-state index is 0.151. The molecule has 2 aromatic carbocycles. The Labute approximate surface area is 157 Å². The average molecular weight is 359 g/mol. The molecule has 2 aromatic heterocycles. The number of benzene rings is 2. The van der Waals surface area contributed by atoms with Gasteiger partial charge >= 0.3 is 0 Å². The summed E-state index contributed by atoms with van der Waals surface area (Å²) in [4.78, 5) is 12.9. The molecule has 0 radical (unpaired) electrons. The number of carbonyl (C=O) groups is 1. The predicted molar refractivity (Wildman–Crippen MR) is 105 cm³/mol. The first-order chi connectivity index (χ1) is 13.1. The molecule has 0 fully saturated rings. The molecule has 136 valence electrons. The molecule has 27 heavy (non-hydrogen) atoms. The monoisotopic (exact) mass is 359 g/mol. The molecule has 0 aliphatic rings. The van der Waals surface area contributed by atoms with E-state index in [0.29, 0.717) is 12.0 Å². The van der Waals surface area contributed by atoms with Gasteiger partial charge in [-0.3, -0.25) is 9.48 Å². The lowest BCUT2D eigenvalue weighted by molar-refractivity contribution is 0.0934. The molecule has 4 rings (SSSR count). The molecular weight excluding hydrogens is 338 g/mol. The molecule has 0 bridgehead atoms. The van der Waals surface area contributed by atoms with E-state index in [1.807, 2.05) is 74.6 Å². The second kappa shape index (κ2) is 7.11. The summed E-state index contributed by atoms with van der Waals surface area (Å²) in [6.45, 7) is 1.92. The molecule has 0 aliphatic heterocycles. The Morgan fingerprint density at radius 3 is 2.67 bits per heavy atom. The van der Waals surface area contributed by atoms with Crippen molar-refractivity contribution in [3.8, 4) is 0 Å². The zero-order valence-electron chi connectivity index (χ0n) is 15.3. The van der Waals surface area contributed by atoms with E-state index in [0.717, 1.165) is 28.0 Å². The number of hydrogen-bond acceptors (Lipinski definition) is 3. The summed E-state index contributed by atoms with van der Waals surface area (Å²) in [6.07, 6.45) is 2.28. The highest BCUT2D eigenvalue weighted by atomic mass is 16.3. The molecule has 0 saturated heterocycles. The van der Waals surface area contributed by atoms with Crippen LogP contribution in [0.3, 0.4) is 0 Å². The van der Waals surface area contributed by atoms with Crippen LogP contribution in [-0.4, -0.2) is 15.7 Å². The van der Waals surface area contributed by atoms with Gasteiger partial charge in [-0.15, -0.1) is 0 Å². The summed E-state index contributed by atoms with van der Waals surface area (Å²) < 4.78 is 7.62. The van der Waals surface area contributed by atoms with Crippen molar-refractivity contribution in [3.63, 3.8) is 0 Å². The molecule has 0 aliphatic carbocycles. The normalized spacial score (nSPS) is 12.2. The standard InChI is InChI=1S/C22H21N3O2/c1-15(21-13-17-10-6-7-11-20(17)27-21)24-22(26)18-14-23-25(2)19(18)12-16-8-4-3-5-9-16/h3-11,13-15H,12H2,1-2H3,(H,24,26). The zero-order valence-corrected chi connectivity index (χ0v) is 15.3. The van der Waals surface area contributed by atoms with E-state index in [4.69, 9.17) is 4.42 Å². The van der Waals surface area contributed by atoms with Crippen LogP contribution in [0.5, 0.6) is 0 Å². The number of nitrogens with one attached hydrogen (secondary N) is 1. The van der Waals surface area contributed by atoms with Crippen LogP contribution in [0.25, 0.3) is 11.0 Å². The van der Waals surface area contributed by atoms with Crippen molar-refractivity contribution in [2.24, 2.45) is 7.05 Å². The maximum atomic E-state index is 12.9. The number of aryl methyl sites for hydroxylation is 1. The summed E-state index contributed by atoms with van der Waals surface area (Å²) in [6, 6.07) is 19.6. The minimum atomic E-state index is -0.241. The van der Waals surface area contributed by atoms with Gasteiger partial charge in [-0.05, 0) is 24.6 Å². The lowest BCUT2D eigenvalue weighted by Crippen LogP contribution is -2.27. The largest absolute Gasteiger partial charge is 0.459 e. The molecule has 5 heteroatoms. The first kappa shape index (κ1) is 17.1. The molecule has 1 N–H and O–H groups in total. The van der Waals surface area contributed by atoms with E-state index in [1.54, 1.807) is 10.9 Å². The van der Waals surface area contributed by atoms with Crippen molar-refractivity contribution in [1.29, 1.82) is 0 Å². The molecule has 4 aromatic rings. The van der Waals surface area contributed by atoms with Crippen molar-refractivity contribution < 1.29 is 9.21 Å². The van der Waals surface area contributed by atoms with E-state index < -0.39 is 0 Å². The van der Waals surface area contributed by atoms with Crippen LogP contribution in [-0.2, 0) is 13.5 Å². The summed E-state index contributed by atoms with van der Waals surface area (Å²) in [7, 11) is 1.86. The van der Waals surface area contributed by atoms with Crippen molar-refractivity contribution in [2.45, 2.75) is 19.4 Å². The van der Waals surface area contributed by atoms with Gasteiger partial charge in [0.15, 0.2) is 0 Å². The van der Waals surface area contributed by atoms with Gasteiger partial charge in [0.25, 0.3) is 5.91 Å². The zero-order chi connectivity index (χ0) is 18.8. The van der Waals surface area contributed by atoms with Gasteiger partial charge in [0, 0.05) is 18.9 Å². The van der Waals surface area contributed by atoms with Crippen LogP contribution >= 0.6 is 0 Å². The number of amides is 1. The number of para-hydroxylation sites is 1. The third kappa shape index (κ3) is 3.49. The van der Waals surface area contributed by atoms with Crippen LogP contribution in [0.1, 0.15) is 40.3 Å². The lowest BCUT2D eigenvalue weighted by Gasteiger charge is -2.12. The third-order valence-electron chi connectivity index (χ3n) is 4.74. The molecule has 2 heterocycles. The smallest absolute Gasteiger partial charge is 0.255 e. The fourth-order valence-corrected chi connectivity index (χ4v) is 3.21. The molecule has 5 nitrogen and oxygen atoms in total. The van der Waals surface area contributed by atoms with Crippen molar-refractivity contribution in [1.82, 2.24) is 15.1 Å². The lowest BCUT2D eigenvalue weighted by atomic mass is 10.1. The van der Waals surface area contributed by atoms with Crippen molar-refractivity contribution in [3.05, 3.63) is 89.4 Å². The Morgan fingerprint density at radius 1 is 1.15 bits per heavy atom. The Kier molecular flexibility index (Phi) is 4.50. The predicted octanol–water partition coefficient (Wildman–Crippen LogP) is 4.25. The fraction of sp³-hybridized carbons (Fsp3) is 0.182.